The van der Waals surface area contributed by atoms with Crippen molar-refractivity contribution < 1.29 is 22.4 Å². The van der Waals surface area contributed by atoms with Crippen molar-refractivity contribution in [3.8, 4) is 0 Å². The van der Waals surface area contributed by atoms with E-state index in [-0.39, 0.29) is 10.7 Å². The van der Waals surface area contributed by atoms with E-state index in [9.17, 15) is 22.4 Å². The Hall–Kier alpha value is -2.34. The summed E-state index contributed by atoms with van der Waals surface area (Å²) in [7, 11) is 0. The highest BCUT2D eigenvalue weighted by molar-refractivity contribution is 6.33. The zero-order chi connectivity index (χ0) is 17.0. The molecule has 2 nitrogen and oxygen atoms in total. The molecule has 0 heterocycles. The highest BCUT2D eigenvalue weighted by Gasteiger charge is 2.31. The average Bonchev–Trinajstić information content (AvgIpc) is 2.46. The molecule has 0 radical (unpaired) electrons. The molecular formula is C16H10ClF4NO. The smallest absolute Gasteiger partial charge is 0.321 e. The van der Waals surface area contributed by atoms with E-state index in [2.05, 4.69) is 5.32 Å². The molecule has 23 heavy (non-hydrogen) atoms. The average molecular weight is 344 g/mol. The number of carbonyl (C=O) groups is 1. The number of hydrogen-bond acceptors (Lipinski definition) is 1. The van der Waals surface area contributed by atoms with E-state index in [1.165, 1.54) is 24.3 Å². The van der Waals surface area contributed by atoms with E-state index >= 15 is 0 Å². The van der Waals surface area contributed by atoms with Crippen LogP contribution in [0.5, 0.6) is 0 Å². The van der Waals surface area contributed by atoms with Crippen molar-refractivity contribution in [2.45, 2.75) is 6.18 Å². The molecule has 1 N–H and O–H groups in total. The quantitative estimate of drug-likeness (QED) is 0.606. The molecule has 0 aliphatic heterocycles. The molecule has 7 heteroatoms. The predicted octanol–water partition coefficient (Wildman–Crippen LogP) is 5.15. The molecule has 0 saturated heterocycles. The van der Waals surface area contributed by atoms with Crippen molar-refractivity contribution in [3.63, 3.8) is 0 Å². The second-order valence-corrected chi connectivity index (χ2v) is 4.98. The van der Waals surface area contributed by atoms with Gasteiger partial charge in [-0.2, -0.15) is 13.2 Å². The Bertz CT molecular complexity index is 756. The fourth-order valence-electron chi connectivity index (χ4n) is 1.75. The summed E-state index contributed by atoms with van der Waals surface area (Å²) in [5.41, 5.74) is -0.642. The summed E-state index contributed by atoms with van der Waals surface area (Å²) < 4.78 is 50.9. The van der Waals surface area contributed by atoms with Crippen LogP contribution in [-0.4, -0.2) is 5.91 Å². The first kappa shape index (κ1) is 17.0. The molecule has 0 saturated carbocycles. The lowest BCUT2D eigenvalue weighted by molar-refractivity contribution is -0.137. The van der Waals surface area contributed by atoms with Gasteiger partial charge in [-0.05, 0) is 42.0 Å². The van der Waals surface area contributed by atoms with Crippen LogP contribution >= 0.6 is 11.6 Å². The van der Waals surface area contributed by atoms with Gasteiger partial charge in [-0.3, -0.25) is 4.79 Å². The van der Waals surface area contributed by atoms with Crippen LogP contribution in [0.15, 0.2) is 48.5 Å². The van der Waals surface area contributed by atoms with E-state index in [1.54, 1.807) is 6.07 Å². The zero-order valence-corrected chi connectivity index (χ0v) is 12.3. The lowest BCUT2D eigenvalue weighted by Gasteiger charge is -2.10. The lowest BCUT2D eigenvalue weighted by atomic mass is 10.2. The SMILES string of the molecule is O=C(/C=C/c1cccc(F)c1)Nc1cc(C(F)(F)F)ccc1Cl. The minimum absolute atomic E-state index is 0.0227. The number of alkyl halides is 3. The van der Waals surface area contributed by atoms with Gasteiger partial charge >= 0.3 is 6.18 Å². The van der Waals surface area contributed by atoms with Crippen LogP contribution < -0.4 is 5.32 Å². The second-order valence-electron chi connectivity index (χ2n) is 4.57. The van der Waals surface area contributed by atoms with Crippen LogP contribution in [0.3, 0.4) is 0 Å². The maximum Gasteiger partial charge on any atom is 0.416 e. The standard InChI is InChI=1S/C16H10ClF4NO/c17-13-6-5-11(16(19,20)21)9-14(13)22-15(23)7-4-10-2-1-3-12(18)8-10/h1-9H,(H,22,23)/b7-4+. The molecule has 0 unspecified atom stereocenters. The first-order valence-electron chi connectivity index (χ1n) is 6.37. The second kappa shape index (κ2) is 6.83. The van der Waals surface area contributed by atoms with Crippen molar-refractivity contribution in [3.05, 3.63) is 70.5 Å². The third kappa shape index (κ3) is 4.82. The number of hydrogen-bond donors (Lipinski definition) is 1. The third-order valence-electron chi connectivity index (χ3n) is 2.83. The Balaban J connectivity index is 2.14. The summed E-state index contributed by atoms with van der Waals surface area (Å²) in [6, 6.07) is 8.12. The van der Waals surface area contributed by atoms with Crippen LogP contribution in [0.2, 0.25) is 5.02 Å². The number of amides is 1. The summed E-state index contributed by atoms with van der Waals surface area (Å²) >= 11 is 5.77. The zero-order valence-electron chi connectivity index (χ0n) is 11.5. The molecule has 0 aromatic heterocycles. The Labute approximate surface area is 134 Å². The van der Waals surface area contributed by atoms with Crippen molar-refractivity contribution in [2.24, 2.45) is 0 Å². The van der Waals surface area contributed by atoms with Gasteiger partial charge in [0, 0.05) is 6.08 Å². The van der Waals surface area contributed by atoms with Gasteiger partial charge < -0.3 is 5.32 Å². The maximum atomic E-state index is 13.0. The highest BCUT2D eigenvalue weighted by Crippen LogP contribution is 2.33. The van der Waals surface area contributed by atoms with Crippen LogP contribution in [0.4, 0.5) is 23.2 Å². The molecule has 1 amide bonds. The van der Waals surface area contributed by atoms with Crippen LogP contribution in [-0.2, 0) is 11.0 Å². The van der Waals surface area contributed by atoms with Gasteiger partial charge in [0.05, 0.1) is 16.3 Å². The largest absolute Gasteiger partial charge is 0.416 e. The van der Waals surface area contributed by atoms with Crippen molar-refractivity contribution in [1.29, 1.82) is 0 Å². The molecule has 0 atom stereocenters. The van der Waals surface area contributed by atoms with Gasteiger partial charge in [0.25, 0.3) is 0 Å². The molecule has 2 rings (SSSR count). The third-order valence-corrected chi connectivity index (χ3v) is 3.16. The Morgan fingerprint density at radius 3 is 2.52 bits per heavy atom. The van der Waals surface area contributed by atoms with Crippen LogP contribution in [0, 0.1) is 5.82 Å². The first-order chi connectivity index (χ1) is 10.8. The first-order valence-corrected chi connectivity index (χ1v) is 6.75. The normalized spacial score (nSPS) is 11.7. The fourth-order valence-corrected chi connectivity index (χ4v) is 1.92. The summed E-state index contributed by atoms with van der Waals surface area (Å²) in [6.07, 6.45) is -2.13. The molecule has 0 spiro atoms. The van der Waals surface area contributed by atoms with Crippen molar-refractivity contribution in [2.75, 3.05) is 5.32 Å². The Morgan fingerprint density at radius 2 is 1.87 bits per heavy atom. The molecule has 120 valence electrons. The van der Waals surface area contributed by atoms with E-state index in [1.807, 2.05) is 0 Å². The highest BCUT2D eigenvalue weighted by atomic mass is 35.5. The van der Waals surface area contributed by atoms with Crippen LogP contribution in [0.25, 0.3) is 6.08 Å². The topological polar surface area (TPSA) is 29.1 Å². The summed E-state index contributed by atoms with van der Waals surface area (Å²) in [5, 5.41) is 2.23. The molecular weight excluding hydrogens is 334 g/mol. The Morgan fingerprint density at radius 1 is 1.13 bits per heavy atom. The van der Waals surface area contributed by atoms with Gasteiger partial charge in [0.15, 0.2) is 0 Å². The minimum Gasteiger partial charge on any atom is -0.321 e. The van der Waals surface area contributed by atoms with E-state index in [0.29, 0.717) is 5.56 Å². The van der Waals surface area contributed by atoms with Crippen molar-refractivity contribution >= 4 is 29.3 Å². The lowest BCUT2D eigenvalue weighted by Crippen LogP contribution is -2.11. The predicted molar refractivity (Wildman–Crippen MR) is 80.5 cm³/mol. The van der Waals surface area contributed by atoms with Gasteiger partial charge in [-0.25, -0.2) is 4.39 Å². The van der Waals surface area contributed by atoms with Crippen molar-refractivity contribution in [1.82, 2.24) is 0 Å². The molecule has 2 aromatic rings. The molecule has 0 aliphatic carbocycles. The van der Waals surface area contributed by atoms with E-state index in [0.717, 1.165) is 24.3 Å². The molecule has 2 aromatic carbocycles. The van der Waals surface area contributed by atoms with Gasteiger partial charge in [0.2, 0.25) is 5.91 Å². The maximum absolute atomic E-state index is 13.0. The van der Waals surface area contributed by atoms with Gasteiger partial charge in [-0.1, -0.05) is 23.7 Å². The number of carbonyl (C=O) groups excluding carboxylic acids is 1. The van der Waals surface area contributed by atoms with Gasteiger partial charge in [-0.15, -0.1) is 0 Å². The number of rotatable bonds is 3. The Kier molecular flexibility index (Phi) is 5.05. The number of nitrogens with one attached hydrogen (secondary N) is 1. The monoisotopic (exact) mass is 343 g/mol. The summed E-state index contributed by atoms with van der Waals surface area (Å²) in [4.78, 5) is 11.8. The fraction of sp³-hybridized carbons (Fsp3) is 0.0625. The van der Waals surface area contributed by atoms with E-state index < -0.39 is 23.5 Å². The summed E-state index contributed by atoms with van der Waals surface area (Å²) in [5.74, 6) is -1.15. The molecule has 0 bridgehead atoms. The molecule has 0 fully saturated rings. The van der Waals surface area contributed by atoms with E-state index in [4.69, 9.17) is 11.6 Å². The van der Waals surface area contributed by atoms with Crippen LogP contribution in [0.1, 0.15) is 11.1 Å². The minimum atomic E-state index is -4.54. The number of benzene rings is 2. The summed E-state index contributed by atoms with van der Waals surface area (Å²) in [6.45, 7) is 0. The molecule has 0 aliphatic rings. The number of anilines is 1. The van der Waals surface area contributed by atoms with Gasteiger partial charge in [0.1, 0.15) is 5.82 Å². The number of halogens is 5.